The van der Waals surface area contributed by atoms with Crippen molar-refractivity contribution in [3.8, 4) is 0 Å². The van der Waals surface area contributed by atoms with E-state index in [0.717, 1.165) is 12.1 Å². The molecule has 0 radical (unpaired) electrons. The summed E-state index contributed by atoms with van der Waals surface area (Å²) < 4.78 is 44.7. The van der Waals surface area contributed by atoms with Crippen LogP contribution in [0.2, 0.25) is 0 Å². The van der Waals surface area contributed by atoms with Gasteiger partial charge in [0.05, 0.1) is 18.2 Å². The average Bonchev–Trinajstić information content (AvgIpc) is 3.00. The molecule has 0 fully saturated rings. The van der Waals surface area contributed by atoms with E-state index < -0.39 is 29.9 Å². The van der Waals surface area contributed by atoms with Crippen LogP contribution in [0.25, 0.3) is 11.0 Å². The first-order valence-corrected chi connectivity index (χ1v) is 8.03. The number of alkyl halides is 3. The Morgan fingerprint density at radius 3 is 2.52 bits per heavy atom. The second-order valence-electron chi connectivity index (χ2n) is 5.99. The van der Waals surface area contributed by atoms with Gasteiger partial charge in [0, 0.05) is 7.11 Å². The molecular weight excluding hydrogens is 365 g/mol. The summed E-state index contributed by atoms with van der Waals surface area (Å²) in [5, 5.41) is 13.9. The number of nitrogens with zero attached hydrogens (tertiary/aromatic N) is 3. The Labute approximate surface area is 151 Å². The highest BCUT2D eigenvalue weighted by atomic mass is 19.4. The molecule has 3 aromatic rings. The molecule has 0 aliphatic rings. The fourth-order valence-electron chi connectivity index (χ4n) is 2.84. The molecule has 3 rings (SSSR count). The number of aromatic nitrogens is 4. The number of aliphatic hydroxyl groups excluding tert-OH is 1. The van der Waals surface area contributed by atoms with Crippen molar-refractivity contribution in [1.29, 1.82) is 0 Å². The number of aliphatic hydroxyl groups is 1. The van der Waals surface area contributed by atoms with Crippen LogP contribution in [0.5, 0.6) is 0 Å². The van der Waals surface area contributed by atoms with Gasteiger partial charge >= 0.3 is 6.18 Å². The smallest absolute Gasteiger partial charge is 0.390 e. The summed E-state index contributed by atoms with van der Waals surface area (Å²) >= 11 is 0. The van der Waals surface area contributed by atoms with Gasteiger partial charge in [-0.3, -0.25) is 4.79 Å². The molecule has 0 aliphatic heterocycles. The summed E-state index contributed by atoms with van der Waals surface area (Å²) in [6.45, 7) is 1.31. The van der Waals surface area contributed by atoms with Gasteiger partial charge in [-0.15, -0.1) is 0 Å². The van der Waals surface area contributed by atoms with E-state index in [0.29, 0.717) is 5.56 Å². The van der Waals surface area contributed by atoms with Gasteiger partial charge in [0.2, 0.25) is 0 Å². The summed E-state index contributed by atoms with van der Waals surface area (Å²) in [6, 6.07) is 4.16. The number of aromatic amines is 1. The van der Waals surface area contributed by atoms with Gasteiger partial charge in [-0.2, -0.15) is 18.3 Å². The molecule has 0 bridgehead atoms. The molecule has 0 saturated heterocycles. The molecule has 0 aliphatic carbocycles. The molecule has 2 heterocycles. The summed E-state index contributed by atoms with van der Waals surface area (Å²) in [5.74, 6) is 0.278. The largest absolute Gasteiger partial charge is 0.416 e. The standard InChI is InChI=1S/C17H17F3N4O3/c1-9(10-3-5-11(6-4-10)17(18,19)20)24-15-14(12(7-25)23-24)16(26)22-13(21-15)8-27-2/h3-6,9,25H,7-8H2,1-2H3,(H,21,22,26). The van der Waals surface area contributed by atoms with Gasteiger partial charge in [-0.25, -0.2) is 9.67 Å². The molecule has 0 saturated carbocycles. The predicted molar refractivity (Wildman–Crippen MR) is 90.0 cm³/mol. The van der Waals surface area contributed by atoms with E-state index in [9.17, 15) is 23.1 Å². The van der Waals surface area contributed by atoms with Crippen molar-refractivity contribution < 1.29 is 23.0 Å². The van der Waals surface area contributed by atoms with E-state index >= 15 is 0 Å². The van der Waals surface area contributed by atoms with Crippen LogP contribution in [0, 0.1) is 0 Å². The van der Waals surface area contributed by atoms with Crippen LogP contribution in [-0.2, 0) is 24.1 Å². The lowest BCUT2D eigenvalue weighted by Crippen LogP contribution is -2.15. The number of hydrogen-bond acceptors (Lipinski definition) is 5. The van der Waals surface area contributed by atoms with Crippen LogP contribution in [-0.4, -0.2) is 32.0 Å². The Morgan fingerprint density at radius 1 is 1.30 bits per heavy atom. The Morgan fingerprint density at radius 2 is 1.96 bits per heavy atom. The van der Waals surface area contributed by atoms with Gasteiger partial charge in [-0.1, -0.05) is 12.1 Å². The van der Waals surface area contributed by atoms with Crippen molar-refractivity contribution in [2.75, 3.05) is 7.11 Å². The van der Waals surface area contributed by atoms with E-state index in [-0.39, 0.29) is 29.2 Å². The minimum absolute atomic E-state index is 0.0689. The first-order valence-electron chi connectivity index (χ1n) is 8.03. The van der Waals surface area contributed by atoms with Crippen LogP contribution in [0.4, 0.5) is 13.2 Å². The molecule has 0 spiro atoms. The monoisotopic (exact) mass is 382 g/mol. The molecule has 144 valence electrons. The number of halogens is 3. The maximum atomic E-state index is 12.8. The summed E-state index contributed by atoms with van der Waals surface area (Å²) in [5.41, 5.74) is -0.310. The molecule has 1 aromatic carbocycles. The first kappa shape index (κ1) is 19.1. The maximum Gasteiger partial charge on any atom is 0.416 e. The number of H-pyrrole nitrogens is 1. The molecular formula is C17H17F3N4O3. The molecule has 2 aromatic heterocycles. The topological polar surface area (TPSA) is 93.0 Å². The Balaban J connectivity index is 2.11. The third kappa shape index (κ3) is 3.58. The van der Waals surface area contributed by atoms with Crippen LogP contribution < -0.4 is 5.56 Å². The Kier molecular flexibility index (Phi) is 5.03. The molecule has 1 unspecified atom stereocenters. The minimum Gasteiger partial charge on any atom is -0.390 e. The molecule has 27 heavy (non-hydrogen) atoms. The molecule has 10 heteroatoms. The normalized spacial score (nSPS) is 13.3. The van der Waals surface area contributed by atoms with E-state index in [1.54, 1.807) is 6.92 Å². The second-order valence-corrected chi connectivity index (χ2v) is 5.99. The number of ether oxygens (including phenoxy) is 1. The summed E-state index contributed by atoms with van der Waals surface area (Å²) in [6.07, 6.45) is -4.42. The van der Waals surface area contributed by atoms with Crippen molar-refractivity contribution in [3.63, 3.8) is 0 Å². The van der Waals surface area contributed by atoms with Crippen molar-refractivity contribution in [3.05, 3.63) is 57.3 Å². The fraction of sp³-hybridized carbons (Fsp3) is 0.353. The van der Waals surface area contributed by atoms with Gasteiger partial charge in [-0.05, 0) is 24.6 Å². The third-order valence-electron chi connectivity index (χ3n) is 4.20. The quantitative estimate of drug-likeness (QED) is 0.707. The van der Waals surface area contributed by atoms with Crippen LogP contribution in [0.1, 0.15) is 35.6 Å². The summed E-state index contributed by atoms with van der Waals surface area (Å²) in [4.78, 5) is 19.2. The van der Waals surface area contributed by atoms with Crippen molar-refractivity contribution >= 4 is 11.0 Å². The number of methoxy groups -OCH3 is 1. The number of nitrogens with one attached hydrogen (secondary N) is 1. The van der Waals surface area contributed by atoms with Crippen molar-refractivity contribution in [2.24, 2.45) is 0 Å². The van der Waals surface area contributed by atoms with Gasteiger partial charge in [0.15, 0.2) is 5.65 Å². The van der Waals surface area contributed by atoms with E-state index in [1.807, 2.05) is 0 Å². The SMILES string of the molecule is COCc1nc2c(c(CO)nn2C(C)c2ccc(C(F)(F)F)cc2)c(=O)[nH]1. The molecule has 2 N–H and O–H groups in total. The fourth-order valence-corrected chi connectivity index (χ4v) is 2.84. The average molecular weight is 382 g/mol. The van der Waals surface area contributed by atoms with E-state index in [1.165, 1.54) is 23.9 Å². The zero-order chi connectivity index (χ0) is 19.8. The lowest BCUT2D eigenvalue weighted by atomic mass is 10.1. The van der Waals surface area contributed by atoms with Crippen molar-refractivity contribution in [1.82, 2.24) is 19.7 Å². The number of fused-ring (bicyclic) bond motifs is 1. The van der Waals surface area contributed by atoms with E-state index in [2.05, 4.69) is 15.1 Å². The second kappa shape index (κ2) is 7.12. The highest BCUT2D eigenvalue weighted by molar-refractivity contribution is 5.77. The zero-order valence-electron chi connectivity index (χ0n) is 14.5. The summed E-state index contributed by atoms with van der Waals surface area (Å²) in [7, 11) is 1.45. The molecule has 1 atom stereocenters. The van der Waals surface area contributed by atoms with Crippen molar-refractivity contribution in [2.45, 2.75) is 32.4 Å². The van der Waals surface area contributed by atoms with E-state index in [4.69, 9.17) is 4.74 Å². The van der Waals surface area contributed by atoms with Gasteiger partial charge in [0.25, 0.3) is 5.56 Å². The lowest BCUT2D eigenvalue weighted by molar-refractivity contribution is -0.137. The molecule has 0 amide bonds. The number of rotatable bonds is 5. The highest BCUT2D eigenvalue weighted by Gasteiger charge is 2.30. The maximum absolute atomic E-state index is 12.8. The lowest BCUT2D eigenvalue weighted by Gasteiger charge is -2.15. The Bertz CT molecular complexity index is 1010. The van der Waals surface area contributed by atoms with Crippen LogP contribution >= 0.6 is 0 Å². The predicted octanol–water partition coefficient (Wildman–Crippen LogP) is 2.39. The zero-order valence-corrected chi connectivity index (χ0v) is 14.5. The van der Waals surface area contributed by atoms with Gasteiger partial charge < -0.3 is 14.8 Å². The van der Waals surface area contributed by atoms with Crippen LogP contribution in [0.3, 0.4) is 0 Å². The van der Waals surface area contributed by atoms with Gasteiger partial charge in [0.1, 0.15) is 23.5 Å². The minimum atomic E-state index is -4.42. The third-order valence-corrected chi connectivity index (χ3v) is 4.20. The molecule has 7 nitrogen and oxygen atoms in total. The number of benzene rings is 1. The number of hydrogen-bond donors (Lipinski definition) is 2. The van der Waals surface area contributed by atoms with Crippen LogP contribution in [0.15, 0.2) is 29.1 Å². The first-order chi connectivity index (χ1) is 12.8. The Hall–Kier alpha value is -2.72. The highest BCUT2D eigenvalue weighted by Crippen LogP contribution is 2.31.